The van der Waals surface area contributed by atoms with Crippen molar-refractivity contribution in [1.29, 1.82) is 0 Å². The fourth-order valence-electron chi connectivity index (χ4n) is 2.84. The van der Waals surface area contributed by atoms with Crippen LogP contribution in [0.2, 0.25) is 0 Å². The summed E-state index contributed by atoms with van der Waals surface area (Å²) in [5.41, 5.74) is 1.32. The van der Waals surface area contributed by atoms with Gasteiger partial charge in [-0.3, -0.25) is 13.7 Å². The maximum absolute atomic E-state index is 13.5. The average molecular weight is 389 g/mol. The zero-order valence-corrected chi connectivity index (χ0v) is 15.0. The number of aromatic nitrogens is 2. The highest BCUT2D eigenvalue weighted by atomic mass is 79.9. The maximum atomic E-state index is 13.5. The highest BCUT2D eigenvalue weighted by Gasteiger charge is 2.20. The molecular formula is C14H18BrFN4OS. The van der Waals surface area contributed by atoms with Crippen LogP contribution in [0.4, 0.5) is 3.89 Å². The Balaban J connectivity index is 2.01. The van der Waals surface area contributed by atoms with Crippen LogP contribution in [-0.2, 0) is 13.6 Å². The van der Waals surface area contributed by atoms with Crippen molar-refractivity contribution >= 4 is 39.2 Å². The molecule has 8 heteroatoms. The van der Waals surface area contributed by atoms with Crippen LogP contribution in [0.25, 0.3) is 10.9 Å². The van der Waals surface area contributed by atoms with Crippen LogP contribution < -0.4 is 5.56 Å². The Bertz CT molecular complexity index is 751. The van der Waals surface area contributed by atoms with Gasteiger partial charge in [0.05, 0.1) is 15.4 Å². The molecule has 3 heterocycles. The standard InChI is InChI=1S/C14H18BrFN4OS/c1-17-3-5-19(6-4-17)8-10-7-11-13(20(10)22-16)12(15)9-18(2)14(11)21/h7,9H,3-6,8H2,1-2H3. The van der Waals surface area contributed by atoms with Gasteiger partial charge in [-0.2, -0.15) is 0 Å². The Labute approximate surface area is 141 Å². The first-order valence-corrected chi connectivity index (χ1v) is 8.57. The van der Waals surface area contributed by atoms with Crippen LogP contribution >= 0.6 is 28.3 Å². The molecule has 1 fully saturated rings. The van der Waals surface area contributed by atoms with Crippen molar-refractivity contribution in [3.05, 3.63) is 32.8 Å². The highest BCUT2D eigenvalue weighted by Crippen LogP contribution is 2.30. The fraction of sp³-hybridized carbons (Fsp3) is 0.500. The summed E-state index contributed by atoms with van der Waals surface area (Å²) in [6.45, 7) is 4.57. The number of halogens is 2. The Hall–Kier alpha value is -0.830. The van der Waals surface area contributed by atoms with E-state index in [1.165, 1.54) is 8.54 Å². The van der Waals surface area contributed by atoms with Crippen LogP contribution in [0.5, 0.6) is 0 Å². The number of hydrogen-bond acceptors (Lipinski definition) is 4. The van der Waals surface area contributed by atoms with E-state index in [4.69, 9.17) is 0 Å². The third kappa shape index (κ3) is 2.84. The van der Waals surface area contributed by atoms with E-state index < -0.39 is 0 Å². The highest BCUT2D eigenvalue weighted by molar-refractivity contribution is 9.10. The van der Waals surface area contributed by atoms with Gasteiger partial charge < -0.3 is 9.47 Å². The molecule has 0 aromatic carbocycles. The molecule has 0 aliphatic carbocycles. The van der Waals surface area contributed by atoms with Crippen LogP contribution in [0.3, 0.4) is 0 Å². The number of nitrogens with zero attached hydrogens (tertiary/aromatic N) is 4. The molecule has 2 aromatic rings. The lowest BCUT2D eigenvalue weighted by atomic mass is 10.3. The van der Waals surface area contributed by atoms with Gasteiger partial charge in [0.25, 0.3) is 5.56 Å². The van der Waals surface area contributed by atoms with Gasteiger partial charge >= 0.3 is 0 Å². The zero-order valence-electron chi connectivity index (χ0n) is 12.6. The number of piperazine rings is 1. The molecule has 1 aliphatic heterocycles. The molecule has 1 saturated heterocycles. The summed E-state index contributed by atoms with van der Waals surface area (Å²) in [6, 6.07) is 1.81. The zero-order chi connectivity index (χ0) is 15.9. The van der Waals surface area contributed by atoms with E-state index in [0.717, 1.165) is 36.3 Å². The fourth-order valence-corrected chi connectivity index (χ4v) is 4.12. The minimum absolute atomic E-state index is 0.106. The first-order valence-electron chi connectivity index (χ1n) is 7.10. The number of likely N-dealkylation sites (N-methyl/N-ethyl adjacent to an activating group) is 1. The Morgan fingerprint density at radius 3 is 2.59 bits per heavy atom. The molecule has 5 nitrogen and oxygen atoms in total. The molecule has 120 valence electrons. The summed E-state index contributed by atoms with van der Waals surface area (Å²) >= 11 is 3.59. The molecule has 0 atom stereocenters. The van der Waals surface area contributed by atoms with E-state index in [1.807, 2.05) is 6.07 Å². The number of pyridine rings is 1. The minimum Gasteiger partial charge on any atom is -0.317 e. The summed E-state index contributed by atoms with van der Waals surface area (Å²) in [7, 11) is 3.80. The Morgan fingerprint density at radius 1 is 1.27 bits per heavy atom. The summed E-state index contributed by atoms with van der Waals surface area (Å²) in [5, 5.41) is 0.547. The van der Waals surface area contributed by atoms with Gasteiger partial charge in [0.1, 0.15) is 0 Å². The molecule has 0 spiro atoms. The average Bonchev–Trinajstić information content (AvgIpc) is 2.86. The van der Waals surface area contributed by atoms with Crippen molar-refractivity contribution < 1.29 is 3.89 Å². The maximum Gasteiger partial charge on any atom is 0.259 e. The van der Waals surface area contributed by atoms with E-state index in [2.05, 4.69) is 32.8 Å². The first-order chi connectivity index (χ1) is 10.5. The van der Waals surface area contributed by atoms with E-state index in [-0.39, 0.29) is 17.9 Å². The molecule has 0 unspecified atom stereocenters. The lowest BCUT2D eigenvalue weighted by Crippen LogP contribution is -2.44. The number of aryl methyl sites for hydroxylation is 1. The van der Waals surface area contributed by atoms with Gasteiger partial charge in [0.15, 0.2) is 12.3 Å². The smallest absolute Gasteiger partial charge is 0.259 e. The molecule has 1 aliphatic rings. The molecule has 2 aromatic heterocycles. The summed E-state index contributed by atoms with van der Waals surface area (Å²) in [6.07, 6.45) is 1.68. The summed E-state index contributed by atoms with van der Waals surface area (Å²) in [5.74, 6) is 0. The van der Waals surface area contributed by atoms with Crippen LogP contribution in [0.15, 0.2) is 21.5 Å². The van der Waals surface area contributed by atoms with E-state index in [1.54, 1.807) is 13.2 Å². The normalized spacial score (nSPS) is 17.5. The molecule has 0 saturated carbocycles. The van der Waals surface area contributed by atoms with Crippen molar-refractivity contribution in [2.75, 3.05) is 33.2 Å². The van der Waals surface area contributed by atoms with E-state index >= 15 is 0 Å². The van der Waals surface area contributed by atoms with E-state index in [0.29, 0.717) is 17.4 Å². The molecule has 0 N–H and O–H groups in total. The third-order valence-electron chi connectivity index (χ3n) is 4.16. The van der Waals surface area contributed by atoms with Gasteiger partial charge in [-0.1, -0.05) is 0 Å². The van der Waals surface area contributed by atoms with Crippen LogP contribution in [0.1, 0.15) is 5.69 Å². The van der Waals surface area contributed by atoms with E-state index in [9.17, 15) is 8.68 Å². The second kappa shape index (κ2) is 6.35. The largest absolute Gasteiger partial charge is 0.317 e. The lowest BCUT2D eigenvalue weighted by molar-refractivity contribution is 0.147. The topological polar surface area (TPSA) is 33.4 Å². The Kier molecular flexibility index (Phi) is 4.63. The number of rotatable bonds is 3. The lowest BCUT2D eigenvalue weighted by Gasteiger charge is -2.32. The monoisotopic (exact) mass is 388 g/mol. The van der Waals surface area contributed by atoms with Crippen molar-refractivity contribution in [1.82, 2.24) is 18.3 Å². The number of fused-ring (bicyclic) bond motifs is 1. The van der Waals surface area contributed by atoms with Gasteiger partial charge in [0.2, 0.25) is 0 Å². The number of hydrogen-bond donors (Lipinski definition) is 0. The van der Waals surface area contributed by atoms with Crippen molar-refractivity contribution in [2.24, 2.45) is 7.05 Å². The van der Waals surface area contributed by atoms with Crippen molar-refractivity contribution in [3.63, 3.8) is 0 Å². The molecule has 0 bridgehead atoms. The third-order valence-corrected chi connectivity index (χ3v) is 5.30. The SMILES string of the molecule is CN1CCN(Cc2cc3c(=O)n(C)cc(Br)c3n2SF)CC1. The van der Waals surface area contributed by atoms with Crippen molar-refractivity contribution in [3.8, 4) is 0 Å². The Morgan fingerprint density at radius 2 is 1.95 bits per heavy atom. The minimum atomic E-state index is -0.106. The first kappa shape index (κ1) is 16.0. The van der Waals surface area contributed by atoms with Crippen molar-refractivity contribution in [2.45, 2.75) is 6.54 Å². The predicted molar refractivity (Wildman–Crippen MR) is 91.8 cm³/mol. The van der Waals surface area contributed by atoms with Crippen LogP contribution in [-0.4, -0.2) is 51.6 Å². The molecule has 0 amide bonds. The quantitative estimate of drug-likeness (QED) is 0.807. The van der Waals surface area contributed by atoms with Gasteiger partial charge in [-0.25, -0.2) is 0 Å². The second-order valence-electron chi connectivity index (χ2n) is 5.73. The predicted octanol–water partition coefficient (Wildman–Crippen LogP) is 2.23. The van der Waals surface area contributed by atoms with Crippen LogP contribution in [0, 0.1) is 0 Å². The van der Waals surface area contributed by atoms with Gasteiger partial charge in [0, 0.05) is 51.7 Å². The molecule has 22 heavy (non-hydrogen) atoms. The summed E-state index contributed by atoms with van der Waals surface area (Å²) < 4.78 is 17.2. The summed E-state index contributed by atoms with van der Waals surface area (Å²) in [4.78, 5) is 16.8. The second-order valence-corrected chi connectivity index (χ2v) is 7.09. The molecular weight excluding hydrogens is 371 g/mol. The van der Waals surface area contributed by atoms with Gasteiger partial charge in [-0.15, -0.1) is 3.89 Å². The van der Waals surface area contributed by atoms with Gasteiger partial charge in [-0.05, 0) is 29.0 Å². The molecule has 0 radical (unpaired) electrons. The molecule has 3 rings (SSSR count).